The highest BCUT2D eigenvalue weighted by Gasteiger charge is 2.34. The molecule has 0 bridgehead atoms. The number of nitrogens with two attached hydrogens (primary N) is 1. The van der Waals surface area contributed by atoms with Crippen LogP contribution in [0.25, 0.3) is 0 Å². The van der Waals surface area contributed by atoms with E-state index in [0.29, 0.717) is 11.9 Å². The van der Waals surface area contributed by atoms with Crippen LogP contribution in [0.2, 0.25) is 0 Å². The lowest BCUT2D eigenvalue weighted by Gasteiger charge is -2.17. The zero-order valence-electron chi connectivity index (χ0n) is 9.89. The molecule has 0 radical (unpaired) electrons. The van der Waals surface area contributed by atoms with Crippen LogP contribution < -0.4 is 11.1 Å². The average molecular weight is 226 g/mol. The van der Waals surface area contributed by atoms with Gasteiger partial charge in [-0.2, -0.15) is 0 Å². The minimum atomic E-state index is 0.0972. The van der Waals surface area contributed by atoms with Crippen LogP contribution in [-0.4, -0.2) is 47.7 Å². The summed E-state index contributed by atoms with van der Waals surface area (Å²) in [4.78, 5) is 2.58. The third-order valence-electron chi connectivity index (χ3n) is 3.62. The van der Waals surface area contributed by atoms with Crippen molar-refractivity contribution in [3.8, 4) is 0 Å². The Balaban J connectivity index is 1.67. The fraction of sp³-hybridized carbons (Fsp3) is 0.909. The highest BCUT2D eigenvalue weighted by Crippen LogP contribution is 2.29. The van der Waals surface area contributed by atoms with Gasteiger partial charge in [-0.1, -0.05) is 12.1 Å². The molecule has 1 saturated heterocycles. The van der Waals surface area contributed by atoms with Gasteiger partial charge in [-0.15, -0.1) is 0 Å². The van der Waals surface area contributed by atoms with Gasteiger partial charge in [-0.3, -0.25) is 4.90 Å². The van der Waals surface area contributed by atoms with E-state index in [-0.39, 0.29) is 5.92 Å². The summed E-state index contributed by atoms with van der Waals surface area (Å²) in [5, 5.41) is 15.1. The Morgan fingerprint density at radius 1 is 1.56 bits per heavy atom. The molecule has 2 unspecified atom stereocenters. The molecule has 92 valence electrons. The lowest BCUT2D eigenvalue weighted by Crippen LogP contribution is -2.39. The molecule has 4 N–H and O–H groups in total. The van der Waals surface area contributed by atoms with Gasteiger partial charge >= 0.3 is 0 Å². The molecule has 1 aliphatic carbocycles. The molecule has 0 amide bonds. The van der Waals surface area contributed by atoms with E-state index in [4.69, 9.17) is 10.9 Å². The molecule has 0 aromatic carbocycles. The highest BCUT2D eigenvalue weighted by molar-refractivity contribution is 5.82. The number of nitrogens with one attached hydrogen (secondary N) is 1. The molecule has 2 aliphatic rings. The molecule has 16 heavy (non-hydrogen) atoms. The summed E-state index contributed by atoms with van der Waals surface area (Å²) >= 11 is 0. The number of amidine groups is 1. The van der Waals surface area contributed by atoms with Crippen LogP contribution in [0.15, 0.2) is 5.16 Å². The molecule has 0 aromatic heterocycles. The van der Waals surface area contributed by atoms with Crippen LogP contribution in [0.5, 0.6) is 0 Å². The van der Waals surface area contributed by atoms with Crippen molar-refractivity contribution in [1.29, 1.82) is 0 Å². The van der Waals surface area contributed by atoms with Gasteiger partial charge < -0.3 is 16.3 Å². The molecule has 2 rings (SSSR count). The second kappa shape index (κ2) is 5.01. The summed E-state index contributed by atoms with van der Waals surface area (Å²) in [7, 11) is 0. The van der Waals surface area contributed by atoms with Gasteiger partial charge in [0.1, 0.15) is 5.84 Å². The first kappa shape index (κ1) is 11.7. The lowest BCUT2D eigenvalue weighted by molar-refractivity contribution is 0.310. The third kappa shape index (κ3) is 2.86. The Morgan fingerprint density at radius 3 is 2.94 bits per heavy atom. The molecular formula is C11H22N4O. The molecule has 1 aliphatic heterocycles. The molecule has 2 fully saturated rings. The molecular weight excluding hydrogens is 204 g/mol. The van der Waals surface area contributed by atoms with E-state index >= 15 is 0 Å². The van der Waals surface area contributed by atoms with E-state index in [1.54, 1.807) is 0 Å². The summed E-state index contributed by atoms with van der Waals surface area (Å²) in [6.45, 7) is 5.14. The van der Waals surface area contributed by atoms with E-state index in [2.05, 4.69) is 15.4 Å². The Morgan fingerprint density at radius 2 is 2.31 bits per heavy atom. The van der Waals surface area contributed by atoms with Crippen LogP contribution in [0, 0.1) is 5.92 Å². The van der Waals surface area contributed by atoms with Crippen molar-refractivity contribution in [2.45, 2.75) is 38.3 Å². The van der Waals surface area contributed by atoms with E-state index in [1.807, 2.05) is 6.92 Å². The third-order valence-corrected chi connectivity index (χ3v) is 3.62. The van der Waals surface area contributed by atoms with E-state index in [9.17, 15) is 0 Å². The average Bonchev–Trinajstić information content (AvgIpc) is 3.05. The Hall–Kier alpha value is -0.810. The minimum absolute atomic E-state index is 0.0972. The zero-order valence-corrected chi connectivity index (χ0v) is 9.89. The quantitative estimate of drug-likeness (QED) is 0.271. The molecule has 5 nitrogen and oxygen atoms in total. The van der Waals surface area contributed by atoms with Crippen molar-refractivity contribution in [3.05, 3.63) is 0 Å². The number of hydrogen-bond acceptors (Lipinski definition) is 4. The Labute approximate surface area is 96.7 Å². The predicted molar refractivity (Wildman–Crippen MR) is 63.6 cm³/mol. The first-order chi connectivity index (χ1) is 7.70. The molecule has 2 atom stereocenters. The van der Waals surface area contributed by atoms with Crippen molar-refractivity contribution in [2.24, 2.45) is 16.8 Å². The van der Waals surface area contributed by atoms with Gasteiger partial charge in [-0.25, -0.2) is 0 Å². The van der Waals surface area contributed by atoms with Crippen molar-refractivity contribution in [3.63, 3.8) is 0 Å². The SMILES string of the molecule is CC(CNC1CCN(C2CC2)C1)C(N)=NO. The second-order valence-electron chi connectivity index (χ2n) is 5.05. The maximum atomic E-state index is 8.55. The van der Waals surface area contributed by atoms with E-state index in [0.717, 1.165) is 19.1 Å². The first-order valence-corrected chi connectivity index (χ1v) is 6.15. The van der Waals surface area contributed by atoms with Gasteiger partial charge in [0.15, 0.2) is 0 Å². The van der Waals surface area contributed by atoms with Gasteiger partial charge in [0.05, 0.1) is 0 Å². The van der Waals surface area contributed by atoms with Crippen molar-refractivity contribution in [2.75, 3.05) is 19.6 Å². The van der Waals surface area contributed by atoms with Crippen LogP contribution in [0.3, 0.4) is 0 Å². The first-order valence-electron chi connectivity index (χ1n) is 6.15. The fourth-order valence-corrected chi connectivity index (χ4v) is 2.27. The number of nitrogens with zero attached hydrogens (tertiary/aromatic N) is 2. The van der Waals surface area contributed by atoms with Gasteiger partial charge in [-0.05, 0) is 19.3 Å². The minimum Gasteiger partial charge on any atom is -0.409 e. The normalized spacial score (nSPS) is 29.6. The van der Waals surface area contributed by atoms with E-state index < -0.39 is 0 Å². The maximum absolute atomic E-state index is 8.55. The Kier molecular flexibility index (Phi) is 3.66. The number of likely N-dealkylation sites (tertiary alicyclic amines) is 1. The van der Waals surface area contributed by atoms with Crippen LogP contribution in [-0.2, 0) is 0 Å². The summed E-state index contributed by atoms with van der Waals surface area (Å²) in [6.07, 6.45) is 3.99. The van der Waals surface area contributed by atoms with Gasteiger partial charge in [0.25, 0.3) is 0 Å². The van der Waals surface area contributed by atoms with Crippen LogP contribution in [0.1, 0.15) is 26.2 Å². The fourth-order valence-electron chi connectivity index (χ4n) is 2.27. The zero-order chi connectivity index (χ0) is 11.5. The van der Waals surface area contributed by atoms with Gasteiger partial charge in [0.2, 0.25) is 0 Å². The molecule has 5 heteroatoms. The lowest BCUT2D eigenvalue weighted by atomic mass is 10.1. The summed E-state index contributed by atoms with van der Waals surface area (Å²) < 4.78 is 0. The van der Waals surface area contributed by atoms with Crippen molar-refractivity contribution >= 4 is 5.84 Å². The van der Waals surface area contributed by atoms with Crippen LogP contribution in [0.4, 0.5) is 0 Å². The molecule has 1 saturated carbocycles. The molecule has 0 spiro atoms. The van der Waals surface area contributed by atoms with Crippen LogP contribution >= 0.6 is 0 Å². The molecule has 1 heterocycles. The predicted octanol–water partition coefficient (Wildman–Crippen LogP) is 0.195. The van der Waals surface area contributed by atoms with Crippen molar-refractivity contribution < 1.29 is 5.21 Å². The maximum Gasteiger partial charge on any atom is 0.143 e. The summed E-state index contributed by atoms with van der Waals surface area (Å²) in [5.74, 6) is 0.407. The number of rotatable bonds is 5. The monoisotopic (exact) mass is 226 g/mol. The highest BCUT2D eigenvalue weighted by atomic mass is 16.4. The smallest absolute Gasteiger partial charge is 0.143 e. The number of hydrogen-bond donors (Lipinski definition) is 3. The van der Waals surface area contributed by atoms with E-state index in [1.165, 1.54) is 25.8 Å². The summed E-state index contributed by atoms with van der Waals surface area (Å²) in [6, 6.07) is 1.45. The van der Waals surface area contributed by atoms with Gasteiger partial charge in [0, 0.05) is 37.6 Å². The van der Waals surface area contributed by atoms with Crippen molar-refractivity contribution in [1.82, 2.24) is 10.2 Å². The Bertz CT molecular complexity index is 265. The topological polar surface area (TPSA) is 73.9 Å². The standard InChI is InChI=1S/C11H22N4O/c1-8(11(12)14-16)6-13-9-4-5-15(7-9)10-2-3-10/h8-10,13,16H,2-7H2,1H3,(H2,12,14). The second-order valence-corrected chi connectivity index (χ2v) is 5.05. The molecule has 0 aromatic rings. The number of oxime groups is 1. The summed E-state index contributed by atoms with van der Waals surface area (Å²) in [5.41, 5.74) is 5.54. The largest absolute Gasteiger partial charge is 0.409 e.